The summed E-state index contributed by atoms with van der Waals surface area (Å²) in [6, 6.07) is 19.1. The Morgan fingerprint density at radius 2 is 1.83 bits per heavy atom. The molecule has 0 aliphatic heterocycles. The van der Waals surface area contributed by atoms with Crippen LogP contribution < -0.4 is 14.9 Å². The Morgan fingerprint density at radius 3 is 2.64 bits per heavy atom. The summed E-state index contributed by atoms with van der Waals surface area (Å²) < 4.78 is 5.79. The van der Waals surface area contributed by atoms with E-state index in [1.807, 2.05) is 24.3 Å². The standard InChI is InChI=1S/C27H31N3O5S/c1-30(16-20-8-3-4-9-23(20)35-2)15-19-7-5-6-18(14-19)12-13-28-17-27(33,34)21-10-11-22(31)24-25(21)36-26(32)29-24/h3-11,14,28,31,33-34H,12-13,15-17H2,1-2H3,(H,29,32). The summed E-state index contributed by atoms with van der Waals surface area (Å²) in [5.41, 5.74) is 3.85. The fourth-order valence-corrected chi connectivity index (χ4v) is 5.24. The SMILES string of the molecule is COc1ccccc1CN(C)Cc1cccc(CCNCC(O)(O)c2ccc(O)c3[nH]c(=O)sc23)c1. The number of fused-ring (bicyclic) bond motifs is 1. The molecule has 4 aromatic rings. The number of rotatable bonds is 11. The van der Waals surface area contributed by atoms with Crippen molar-refractivity contribution in [1.82, 2.24) is 15.2 Å². The number of para-hydroxylation sites is 1. The van der Waals surface area contributed by atoms with Gasteiger partial charge in [0.25, 0.3) is 0 Å². The summed E-state index contributed by atoms with van der Waals surface area (Å²) in [6.07, 6.45) is 0.711. The van der Waals surface area contributed by atoms with Gasteiger partial charge in [0.2, 0.25) is 5.79 Å². The average Bonchev–Trinajstić information content (AvgIpc) is 3.24. The van der Waals surface area contributed by atoms with Crippen molar-refractivity contribution in [3.05, 3.63) is 92.6 Å². The number of phenols is 1. The van der Waals surface area contributed by atoms with Gasteiger partial charge in [0.05, 0.1) is 18.4 Å². The number of benzene rings is 3. The van der Waals surface area contributed by atoms with E-state index in [1.54, 1.807) is 7.11 Å². The predicted molar refractivity (Wildman–Crippen MR) is 141 cm³/mol. The molecule has 0 spiro atoms. The van der Waals surface area contributed by atoms with Crippen molar-refractivity contribution >= 4 is 21.6 Å². The summed E-state index contributed by atoms with van der Waals surface area (Å²) in [5, 5.41) is 34.4. The number of aromatic amines is 1. The van der Waals surface area contributed by atoms with Gasteiger partial charge in [-0.1, -0.05) is 53.8 Å². The summed E-state index contributed by atoms with van der Waals surface area (Å²) in [6.45, 7) is 1.96. The molecule has 0 saturated heterocycles. The van der Waals surface area contributed by atoms with E-state index in [4.69, 9.17) is 4.74 Å². The van der Waals surface area contributed by atoms with Gasteiger partial charge in [-0.05, 0) is 49.3 Å². The monoisotopic (exact) mass is 509 g/mol. The maximum atomic E-state index is 11.7. The third-order valence-electron chi connectivity index (χ3n) is 6.03. The molecule has 1 heterocycles. The molecular weight excluding hydrogens is 478 g/mol. The molecule has 0 amide bonds. The van der Waals surface area contributed by atoms with Crippen LogP contribution in [-0.2, 0) is 25.3 Å². The van der Waals surface area contributed by atoms with Gasteiger partial charge in [0, 0.05) is 24.2 Å². The molecule has 0 bridgehead atoms. The molecule has 0 aliphatic rings. The zero-order valence-corrected chi connectivity index (χ0v) is 21.1. The van der Waals surface area contributed by atoms with Crippen LogP contribution in [0.5, 0.6) is 11.5 Å². The third kappa shape index (κ3) is 6.13. The molecule has 0 radical (unpaired) electrons. The van der Waals surface area contributed by atoms with Crippen LogP contribution in [0.25, 0.3) is 10.2 Å². The summed E-state index contributed by atoms with van der Waals surface area (Å²) in [4.78, 5) is 16.1. The van der Waals surface area contributed by atoms with Gasteiger partial charge in [0.15, 0.2) is 0 Å². The summed E-state index contributed by atoms with van der Waals surface area (Å²) in [7, 11) is 3.76. The second kappa shape index (κ2) is 11.2. The van der Waals surface area contributed by atoms with Gasteiger partial charge in [-0.15, -0.1) is 0 Å². The third-order valence-corrected chi connectivity index (χ3v) is 6.94. The van der Waals surface area contributed by atoms with Crippen molar-refractivity contribution < 1.29 is 20.1 Å². The Balaban J connectivity index is 1.32. The predicted octanol–water partition coefficient (Wildman–Crippen LogP) is 2.91. The Labute approximate surface area is 213 Å². The number of aromatic hydroxyl groups is 1. The Bertz CT molecular complexity index is 1380. The first-order chi connectivity index (χ1) is 17.3. The van der Waals surface area contributed by atoms with Gasteiger partial charge >= 0.3 is 4.87 Å². The highest BCUT2D eigenvalue weighted by molar-refractivity contribution is 7.16. The van der Waals surface area contributed by atoms with Gasteiger partial charge < -0.3 is 30.4 Å². The van der Waals surface area contributed by atoms with Crippen LogP contribution in [0.4, 0.5) is 0 Å². The van der Waals surface area contributed by atoms with Gasteiger partial charge in [-0.3, -0.25) is 9.69 Å². The zero-order valence-electron chi connectivity index (χ0n) is 20.3. The van der Waals surface area contributed by atoms with Crippen molar-refractivity contribution in [2.24, 2.45) is 0 Å². The zero-order chi connectivity index (χ0) is 25.7. The van der Waals surface area contributed by atoms with E-state index in [0.717, 1.165) is 41.3 Å². The molecule has 0 saturated carbocycles. The van der Waals surface area contributed by atoms with E-state index in [2.05, 4.69) is 46.5 Å². The van der Waals surface area contributed by atoms with Crippen molar-refractivity contribution in [2.75, 3.05) is 27.2 Å². The van der Waals surface area contributed by atoms with Crippen molar-refractivity contribution in [1.29, 1.82) is 0 Å². The fourth-order valence-electron chi connectivity index (χ4n) is 4.30. The molecule has 0 aliphatic carbocycles. The minimum Gasteiger partial charge on any atom is -0.506 e. The Kier molecular flexibility index (Phi) is 8.07. The fraction of sp³-hybridized carbons (Fsp3) is 0.296. The van der Waals surface area contributed by atoms with E-state index < -0.39 is 5.79 Å². The number of hydrogen-bond acceptors (Lipinski definition) is 8. The molecule has 0 atom stereocenters. The number of nitrogens with zero attached hydrogens (tertiary/aromatic N) is 1. The van der Waals surface area contributed by atoms with E-state index >= 15 is 0 Å². The van der Waals surface area contributed by atoms with Crippen LogP contribution in [0, 0.1) is 0 Å². The van der Waals surface area contributed by atoms with E-state index in [9.17, 15) is 20.1 Å². The highest BCUT2D eigenvalue weighted by Crippen LogP contribution is 2.33. The van der Waals surface area contributed by atoms with Gasteiger partial charge in [-0.25, -0.2) is 0 Å². The second-order valence-corrected chi connectivity index (χ2v) is 9.88. The minimum atomic E-state index is -2.19. The number of nitrogens with one attached hydrogen (secondary N) is 2. The van der Waals surface area contributed by atoms with Gasteiger partial charge in [-0.2, -0.15) is 0 Å². The topological polar surface area (TPSA) is 118 Å². The second-order valence-electron chi connectivity index (χ2n) is 8.90. The van der Waals surface area contributed by atoms with Crippen LogP contribution in [-0.4, -0.2) is 52.5 Å². The van der Waals surface area contributed by atoms with Crippen LogP contribution in [0.15, 0.2) is 65.5 Å². The molecule has 0 unspecified atom stereocenters. The van der Waals surface area contributed by atoms with E-state index in [1.165, 1.54) is 17.7 Å². The molecular formula is C27H31N3O5S. The van der Waals surface area contributed by atoms with E-state index in [-0.39, 0.29) is 28.2 Å². The molecule has 1 aromatic heterocycles. The normalized spacial score (nSPS) is 11.9. The van der Waals surface area contributed by atoms with Crippen molar-refractivity contribution in [2.45, 2.75) is 25.3 Å². The van der Waals surface area contributed by atoms with Crippen LogP contribution >= 0.6 is 11.3 Å². The summed E-state index contributed by atoms with van der Waals surface area (Å²) >= 11 is 0.835. The number of aliphatic hydroxyl groups is 2. The largest absolute Gasteiger partial charge is 0.506 e. The first kappa shape index (κ1) is 25.9. The molecule has 36 heavy (non-hydrogen) atoms. The first-order valence-corrected chi connectivity index (χ1v) is 12.5. The summed E-state index contributed by atoms with van der Waals surface area (Å²) in [5.74, 6) is -1.42. The minimum absolute atomic E-state index is 0.107. The lowest BCUT2D eigenvalue weighted by Gasteiger charge is -2.23. The highest BCUT2D eigenvalue weighted by Gasteiger charge is 2.29. The van der Waals surface area contributed by atoms with Crippen molar-refractivity contribution in [3.63, 3.8) is 0 Å². The average molecular weight is 510 g/mol. The molecule has 9 heteroatoms. The van der Waals surface area contributed by atoms with Crippen LogP contribution in [0.2, 0.25) is 0 Å². The lowest BCUT2D eigenvalue weighted by Crippen LogP contribution is -2.38. The number of methoxy groups -OCH3 is 1. The molecule has 4 rings (SSSR count). The molecule has 8 nitrogen and oxygen atoms in total. The number of hydrogen-bond donors (Lipinski definition) is 5. The number of ether oxygens (including phenoxy) is 1. The molecule has 0 fully saturated rings. The lowest BCUT2D eigenvalue weighted by molar-refractivity contribution is -0.164. The Morgan fingerprint density at radius 1 is 1.06 bits per heavy atom. The molecule has 190 valence electrons. The van der Waals surface area contributed by atoms with Crippen LogP contribution in [0.1, 0.15) is 22.3 Å². The van der Waals surface area contributed by atoms with Crippen LogP contribution in [0.3, 0.4) is 0 Å². The maximum absolute atomic E-state index is 11.7. The van der Waals surface area contributed by atoms with Gasteiger partial charge in [0.1, 0.15) is 17.0 Å². The quantitative estimate of drug-likeness (QED) is 0.156. The number of phenolic OH excluding ortho intramolecular Hbond substituents is 1. The number of H-pyrrole nitrogens is 1. The Hall–Kier alpha value is -3.21. The number of thiazole rings is 1. The lowest BCUT2D eigenvalue weighted by atomic mass is 10.0. The maximum Gasteiger partial charge on any atom is 0.305 e. The highest BCUT2D eigenvalue weighted by atomic mass is 32.1. The van der Waals surface area contributed by atoms with Crippen molar-refractivity contribution in [3.8, 4) is 11.5 Å². The smallest absolute Gasteiger partial charge is 0.305 e. The first-order valence-electron chi connectivity index (χ1n) is 11.7. The van der Waals surface area contributed by atoms with E-state index in [0.29, 0.717) is 17.7 Å². The number of aromatic nitrogens is 1. The molecule has 5 N–H and O–H groups in total. The molecule has 3 aromatic carbocycles.